The van der Waals surface area contributed by atoms with Gasteiger partial charge in [0.1, 0.15) is 24.4 Å². The van der Waals surface area contributed by atoms with Crippen molar-refractivity contribution in [1.82, 2.24) is 5.32 Å². The van der Waals surface area contributed by atoms with Crippen molar-refractivity contribution in [3.05, 3.63) is 72.9 Å². The molecule has 6 N–H and O–H groups in total. The van der Waals surface area contributed by atoms with Gasteiger partial charge in [-0.15, -0.1) is 0 Å². The van der Waals surface area contributed by atoms with E-state index < -0.39 is 67.4 Å². The lowest BCUT2D eigenvalue weighted by atomic mass is 9.99. The first-order valence-corrected chi connectivity index (χ1v) is 35.7. The van der Waals surface area contributed by atoms with Gasteiger partial charge in [-0.25, -0.2) is 0 Å². The standard InChI is InChI=1S/C74H133NO10/c1-4-7-10-13-16-19-22-24-26-28-30-31-32-33-34-35-36-38-39-41-43-46-49-52-55-58-61-67(78)73(82)75-65(66(77)60-57-54-51-48-45-21-18-15-12-9-6-3)64-83-74-72(71(81)70(80)68(63-76)84-74)85-69(79)62-59-56-53-50-47-44-42-40-37-29-27-25-23-20-17-14-11-8-5-2/h7,10,16,19,24,26,30-31,33-34,57,60,65-68,70-72,74,76-78,80-81H,4-6,8-9,11-15,17-18,20-23,25,27-29,32,35-56,58-59,61-64H2,1-3H3,(H,75,82)/b10-7-,19-16-,26-24-,31-30-,34-33-,60-57+. The Labute approximate surface area is 521 Å². The number of ether oxygens (including phenoxy) is 3. The Hall–Kier alpha value is -2.90. The van der Waals surface area contributed by atoms with Crippen LogP contribution in [0.3, 0.4) is 0 Å². The number of hydrogen-bond donors (Lipinski definition) is 6. The molecule has 85 heavy (non-hydrogen) atoms. The number of aliphatic hydroxyl groups excluding tert-OH is 5. The highest BCUT2D eigenvalue weighted by Gasteiger charge is 2.47. The molecule has 0 aromatic heterocycles. The minimum atomic E-state index is -1.61. The van der Waals surface area contributed by atoms with Gasteiger partial charge in [0.2, 0.25) is 5.91 Å². The molecule has 1 aliphatic rings. The summed E-state index contributed by atoms with van der Waals surface area (Å²) in [7, 11) is 0. The summed E-state index contributed by atoms with van der Waals surface area (Å²) in [6, 6.07) is -1.03. The molecule has 0 spiro atoms. The van der Waals surface area contributed by atoms with E-state index >= 15 is 0 Å². The largest absolute Gasteiger partial charge is 0.454 e. The molecule has 1 aliphatic heterocycles. The van der Waals surface area contributed by atoms with E-state index in [-0.39, 0.29) is 19.4 Å². The summed E-state index contributed by atoms with van der Waals surface area (Å²) in [6.45, 7) is 5.71. The first-order valence-electron chi connectivity index (χ1n) is 35.7. The topological polar surface area (TPSA) is 175 Å². The van der Waals surface area contributed by atoms with Crippen molar-refractivity contribution in [3.8, 4) is 0 Å². The number of unbranched alkanes of at least 4 members (excludes halogenated alkanes) is 37. The minimum absolute atomic E-state index is 0.126. The maximum Gasteiger partial charge on any atom is 0.306 e. The summed E-state index contributed by atoms with van der Waals surface area (Å²) in [6.07, 6.45) is 69.4. The number of amides is 1. The van der Waals surface area contributed by atoms with Gasteiger partial charge < -0.3 is 45.1 Å². The molecule has 0 saturated carbocycles. The van der Waals surface area contributed by atoms with Crippen molar-refractivity contribution in [2.24, 2.45) is 0 Å². The number of carbonyl (C=O) groups excluding carboxylic acids is 2. The lowest BCUT2D eigenvalue weighted by Gasteiger charge is -2.41. The fourth-order valence-electron chi connectivity index (χ4n) is 11.0. The number of hydrogen-bond acceptors (Lipinski definition) is 10. The lowest BCUT2D eigenvalue weighted by Crippen LogP contribution is -2.61. The van der Waals surface area contributed by atoms with Crippen molar-refractivity contribution >= 4 is 11.9 Å². The summed E-state index contributed by atoms with van der Waals surface area (Å²) < 4.78 is 17.7. The van der Waals surface area contributed by atoms with Crippen molar-refractivity contribution in [2.75, 3.05) is 13.2 Å². The van der Waals surface area contributed by atoms with E-state index in [4.69, 9.17) is 14.2 Å². The van der Waals surface area contributed by atoms with Gasteiger partial charge in [0.05, 0.1) is 25.4 Å². The lowest BCUT2D eigenvalue weighted by molar-refractivity contribution is -0.305. The van der Waals surface area contributed by atoms with Crippen molar-refractivity contribution in [2.45, 2.75) is 372 Å². The molecule has 1 heterocycles. The third kappa shape index (κ3) is 48.7. The van der Waals surface area contributed by atoms with Gasteiger partial charge in [0.25, 0.3) is 0 Å². The molecule has 0 aliphatic carbocycles. The number of allylic oxidation sites excluding steroid dienone is 11. The second-order valence-electron chi connectivity index (χ2n) is 24.6. The number of rotatable bonds is 61. The number of aliphatic hydroxyl groups is 5. The zero-order valence-corrected chi connectivity index (χ0v) is 55.0. The molecule has 1 rings (SSSR count). The van der Waals surface area contributed by atoms with E-state index in [9.17, 15) is 35.1 Å². The zero-order valence-electron chi connectivity index (χ0n) is 55.0. The fourth-order valence-corrected chi connectivity index (χ4v) is 11.0. The van der Waals surface area contributed by atoms with Crippen molar-refractivity contribution in [3.63, 3.8) is 0 Å². The quantitative estimate of drug-likeness (QED) is 0.0195. The van der Waals surface area contributed by atoms with Crippen LogP contribution in [0.1, 0.15) is 323 Å². The van der Waals surface area contributed by atoms with Crippen LogP contribution in [0, 0.1) is 0 Å². The first-order chi connectivity index (χ1) is 41.7. The molecular formula is C74H133NO10. The first kappa shape index (κ1) is 80.1. The van der Waals surface area contributed by atoms with E-state index in [1.165, 1.54) is 180 Å². The van der Waals surface area contributed by atoms with Crippen LogP contribution in [-0.2, 0) is 23.8 Å². The van der Waals surface area contributed by atoms with Crippen molar-refractivity contribution in [1.29, 1.82) is 0 Å². The molecule has 494 valence electrons. The molecule has 8 atom stereocenters. The van der Waals surface area contributed by atoms with Gasteiger partial charge in [0.15, 0.2) is 12.4 Å². The summed E-state index contributed by atoms with van der Waals surface area (Å²) >= 11 is 0. The SMILES string of the molecule is CC/C=C\C/C=C\C/C=C\C/C=C\C/C=C\CCCCCCCCCCCCC(O)C(=O)NC(COC1OC(CO)C(O)C(O)C1OC(=O)CCCCCCCCCCCCCCCCCCCCC)C(O)/C=C/CCCCCCCCCCC. The van der Waals surface area contributed by atoms with Crippen molar-refractivity contribution < 1.29 is 49.3 Å². The van der Waals surface area contributed by atoms with Crippen LogP contribution in [-0.4, -0.2) is 99.6 Å². The van der Waals surface area contributed by atoms with Gasteiger partial charge in [-0.1, -0.05) is 318 Å². The highest BCUT2D eigenvalue weighted by atomic mass is 16.7. The molecule has 11 nitrogen and oxygen atoms in total. The van der Waals surface area contributed by atoms with Gasteiger partial charge >= 0.3 is 5.97 Å². The Kier molecular flexibility index (Phi) is 57.8. The second-order valence-corrected chi connectivity index (χ2v) is 24.6. The highest BCUT2D eigenvalue weighted by molar-refractivity contribution is 5.80. The average Bonchev–Trinajstić information content (AvgIpc) is 3.59. The maximum absolute atomic E-state index is 13.5. The normalized spacial score (nSPS) is 18.8. The summed E-state index contributed by atoms with van der Waals surface area (Å²) in [5.41, 5.74) is 0. The van der Waals surface area contributed by atoms with E-state index in [1.807, 2.05) is 6.08 Å². The molecule has 0 aromatic rings. The number of carbonyl (C=O) groups is 2. The summed E-state index contributed by atoms with van der Waals surface area (Å²) in [5.74, 6) is -1.19. The molecule has 1 saturated heterocycles. The van der Waals surface area contributed by atoms with Crippen LogP contribution in [0.4, 0.5) is 0 Å². The van der Waals surface area contributed by atoms with E-state index in [0.29, 0.717) is 12.8 Å². The Bertz CT molecular complexity index is 1660. The van der Waals surface area contributed by atoms with Gasteiger partial charge in [-0.05, 0) is 70.6 Å². The van der Waals surface area contributed by atoms with E-state index in [2.05, 4.69) is 86.8 Å². The molecule has 8 unspecified atom stereocenters. The summed E-state index contributed by atoms with van der Waals surface area (Å²) in [4.78, 5) is 26.7. The van der Waals surface area contributed by atoms with Crippen LogP contribution in [0.5, 0.6) is 0 Å². The third-order valence-corrected chi connectivity index (χ3v) is 16.6. The molecule has 1 amide bonds. The van der Waals surface area contributed by atoms with Crippen LogP contribution in [0.15, 0.2) is 72.9 Å². The molecule has 0 bridgehead atoms. The second kappa shape index (κ2) is 61.3. The fraction of sp³-hybridized carbons (Fsp3) is 0.811. The Morgan fingerprint density at radius 1 is 0.471 bits per heavy atom. The van der Waals surface area contributed by atoms with E-state index in [0.717, 1.165) is 96.3 Å². The Morgan fingerprint density at radius 2 is 0.847 bits per heavy atom. The van der Waals surface area contributed by atoms with Gasteiger partial charge in [0, 0.05) is 6.42 Å². The maximum atomic E-state index is 13.5. The van der Waals surface area contributed by atoms with Gasteiger partial charge in [-0.3, -0.25) is 9.59 Å². The Morgan fingerprint density at radius 3 is 1.27 bits per heavy atom. The number of nitrogens with one attached hydrogen (secondary N) is 1. The monoisotopic (exact) mass is 1200 g/mol. The zero-order chi connectivity index (χ0) is 61.7. The molecule has 11 heteroatoms. The van der Waals surface area contributed by atoms with E-state index in [1.54, 1.807) is 6.08 Å². The predicted octanol–water partition coefficient (Wildman–Crippen LogP) is 18.3. The Balaban J connectivity index is 2.55. The van der Waals surface area contributed by atoms with Crippen LogP contribution in [0.25, 0.3) is 0 Å². The molecule has 0 radical (unpaired) electrons. The van der Waals surface area contributed by atoms with Crippen LogP contribution in [0.2, 0.25) is 0 Å². The predicted molar refractivity (Wildman–Crippen MR) is 356 cm³/mol. The minimum Gasteiger partial charge on any atom is -0.454 e. The molecule has 1 fully saturated rings. The molecular weight excluding hydrogens is 1060 g/mol. The smallest absolute Gasteiger partial charge is 0.306 e. The van der Waals surface area contributed by atoms with Crippen LogP contribution < -0.4 is 5.32 Å². The number of esters is 1. The highest BCUT2D eigenvalue weighted by Crippen LogP contribution is 2.26. The molecule has 0 aromatic carbocycles. The summed E-state index contributed by atoms with van der Waals surface area (Å²) in [5, 5.41) is 57.2. The average molecular weight is 1200 g/mol. The van der Waals surface area contributed by atoms with Gasteiger partial charge in [-0.2, -0.15) is 0 Å². The van der Waals surface area contributed by atoms with Crippen LogP contribution >= 0.6 is 0 Å². The third-order valence-electron chi connectivity index (χ3n) is 16.6.